The largest absolute Gasteiger partial charge is 0.508 e. The number of phenolic OH excluding ortho intramolecular Hbond substituents is 2. The van der Waals surface area contributed by atoms with Crippen LogP contribution in [0.2, 0.25) is 5.02 Å². The standard InChI is InChI=1S/C15H15ClN2O2S/c1-9-2-3-10(6-13(9)16)18-17-8-15(21)12-5-4-11(19)7-14(12)20/h2-7,17-20H,8H2,1H3. The zero-order chi connectivity index (χ0) is 15.4. The topological polar surface area (TPSA) is 64.5 Å². The number of halogens is 1. The SMILES string of the molecule is Cc1ccc(NNCC(=S)c2ccc(O)cc2O)cc1Cl. The summed E-state index contributed by atoms with van der Waals surface area (Å²) in [4.78, 5) is 0.526. The molecular formula is C15H15ClN2O2S. The summed E-state index contributed by atoms with van der Waals surface area (Å²) in [5.74, 6) is -0.0420. The molecule has 0 aliphatic carbocycles. The number of aromatic hydroxyl groups is 2. The Balaban J connectivity index is 1.93. The molecule has 4 nitrogen and oxygen atoms in total. The number of rotatable bonds is 5. The van der Waals surface area contributed by atoms with Gasteiger partial charge in [0.25, 0.3) is 0 Å². The molecule has 0 atom stereocenters. The third kappa shape index (κ3) is 4.07. The molecule has 0 aliphatic heterocycles. The van der Waals surface area contributed by atoms with Gasteiger partial charge in [-0.05, 0) is 36.8 Å². The van der Waals surface area contributed by atoms with Crippen molar-refractivity contribution in [1.82, 2.24) is 5.43 Å². The molecule has 110 valence electrons. The summed E-state index contributed by atoms with van der Waals surface area (Å²) < 4.78 is 0. The van der Waals surface area contributed by atoms with Gasteiger partial charge in [0.1, 0.15) is 11.5 Å². The Bertz CT molecular complexity index is 677. The molecule has 0 spiro atoms. The van der Waals surface area contributed by atoms with E-state index in [0.29, 0.717) is 22.0 Å². The first kappa shape index (κ1) is 15.6. The molecule has 2 aromatic carbocycles. The number of hydrazine groups is 1. The van der Waals surface area contributed by atoms with Crippen molar-refractivity contribution in [2.24, 2.45) is 0 Å². The van der Waals surface area contributed by atoms with Crippen LogP contribution >= 0.6 is 23.8 Å². The second-order valence-electron chi connectivity index (χ2n) is 4.57. The lowest BCUT2D eigenvalue weighted by Gasteiger charge is -2.11. The quantitative estimate of drug-likeness (QED) is 0.386. The zero-order valence-electron chi connectivity index (χ0n) is 11.4. The summed E-state index contributed by atoms with van der Waals surface area (Å²) in [6.45, 7) is 2.28. The van der Waals surface area contributed by atoms with Crippen LogP contribution in [0, 0.1) is 6.92 Å². The monoisotopic (exact) mass is 322 g/mol. The normalized spacial score (nSPS) is 10.4. The third-order valence-electron chi connectivity index (χ3n) is 2.94. The van der Waals surface area contributed by atoms with E-state index in [2.05, 4.69) is 10.9 Å². The molecule has 0 unspecified atom stereocenters. The number of thiocarbonyl (C=S) groups is 1. The highest BCUT2D eigenvalue weighted by molar-refractivity contribution is 7.81. The molecule has 4 N–H and O–H groups in total. The number of aryl methyl sites for hydroxylation is 1. The molecule has 0 heterocycles. The van der Waals surface area contributed by atoms with Crippen LogP contribution in [0.15, 0.2) is 36.4 Å². The van der Waals surface area contributed by atoms with Crippen molar-refractivity contribution in [3.05, 3.63) is 52.5 Å². The Morgan fingerprint density at radius 3 is 2.62 bits per heavy atom. The van der Waals surface area contributed by atoms with Gasteiger partial charge in [-0.25, -0.2) is 5.43 Å². The lowest BCUT2D eigenvalue weighted by atomic mass is 10.1. The summed E-state index contributed by atoms with van der Waals surface area (Å²) in [6.07, 6.45) is 0. The summed E-state index contributed by atoms with van der Waals surface area (Å²) in [7, 11) is 0. The molecule has 2 aromatic rings. The van der Waals surface area contributed by atoms with E-state index in [1.165, 1.54) is 12.1 Å². The van der Waals surface area contributed by atoms with Gasteiger partial charge < -0.3 is 15.6 Å². The van der Waals surface area contributed by atoms with Crippen molar-refractivity contribution in [2.45, 2.75) is 6.92 Å². The van der Waals surface area contributed by atoms with Gasteiger partial charge in [0, 0.05) is 21.5 Å². The lowest BCUT2D eigenvalue weighted by molar-refractivity contribution is 0.450. The van der Waals surface area contributed by atoms with E-state index in [-0.39, 0.29) is 11.5 Å². The van der Waals surface area contributed by atoms with Gasteiger partial charge in [0.05, 0.1) is 12.2 Å². The Morgan fingerprint density at radius 2 is 1.95 bits per heavy atom. The minimum Gasteiger partial charge on any atom is -0.508 e. The van der Waals surface area contributed by atoms with Crippen LogP contribution in [0.1, 0.15) is 11.1 Å². The maximum Gasteiger partial charge on any atom is 0.127 e. The van der Waals surface area contributed by atoms with Crippen LogP contribution in [0.25, 0.3) is 0 Å². The molecule has 0 fully saturated rings. The minimum absolute atomic E-state index is 0.000526. The van der Waals surface area contributed by atoms with Gasteiger partial charge in [0.2, 0.25) is 0 Å². The molecule has 6 heteroatoms. The van der Waals surface area contributed by atoms with E-state index in [4.69, 9.17) is 23.8 Å². The average Bonchev–Trinajstić information content (AvgIpc) is 2.42. The van der Waals surface area contributed by atoms with Gasteiger partial charge in [-0.15, -0.1) is 0 Å². The Hall–Kier alpha value is -1.82. The highest BCUT2D eigenvalue weighted by atomic mass is 35.5. The highest BCUT2D eigenvalue weighted by Crippen LogP contribution is 2.23. The number of phenols is 2. The predicted molar refractivity (Wildman–Crippen MR) is 89.3 cm³/mol. The van der Waals surface area contributed by atoms with E-state index >= 15 is 0 Å². The number of benzene rings is 2. The lowest BCUT2D eigenvalue weighted by Crippen LogP contribution is -2.28. The number of anilines is 1. The van der Waals surface area contributed by atoms with Crippen molar-refractivity contribution in [1.29, 1.82) is 0 Å². The van der Waals surface area contributed by atoms with Crippen LogP contribution in [0.4, 0.5) is 5.69 Å². The molecule has 0 radical (unpaired) electrons. The van der Waals surface area contributed by atoms with Gasteiger partial charge in [-0.3, -0.25) is 0 Å². The summed E-state index contributed by atoms with van der Waals surface area (Å²) in [5, 5.41) is 19.7. The van der Waals surface area contributed by atoms with E-state index in [9.17, 15) is 10.2 Å². The molecule has 0 amide bonds. The van der Waals surface area contributed by atoms with Crippen LogP contribution in [-0.4, -0.2) is 21.6 Å². The predicted octanol–water partition coefficient (Wildman–Crippen LogP) is 3.39. The van der Waals surface area contributed by atoms with Crippen molar-refractivity contribution < 1.29 is 10.2 Å². The van der Waals surface area contributed by atoms with E-state index in [0.717, 1.165) is 11.3 Å². The van der Waals surface area contributed by atoms with Crippen molar-refractivity contribution in [2.75, 3.05) is 12.0 Å². The van der Waals surface area contributed by atoms with Gasteiger partial charge >= 0.3 is 0 Å². The van der Waals surface area contributed by atoms with Crippen molar-refractivity contribution in [3.8, 4) is 11.5 Å². The maximum atomic E-state index is 9.73. The third-order valence-corrected chi connectivity index (χ3v) is 3.71. The fourth-order valence-corrected chi connectivity index (χ4v) is 2.17. The van der Waals surface area contributed by atoms with E-state index in [1.807, 2.05) is 25.1 Å². The molecule has 0 saturated carbocycles. The van der Waals surface area contributed by atoms with Crippen LogP contribution < -0.4 is 10.9 Å². The molecule has 0 saturated heterocycles. The smallest absolute Gasteiger partial charge is 0.127 e. The number of hydrogen-bond acceptors (Lipinski definition) is 5. The Morgan fingerprint density at radius 1 is 1.19 bits per heavy atom. The zero-order valence-corrected chi connectivity index (χ0v) is 12.9. The second-order valence-corrected chi connectivity index (χ2v) is 5.47. The average molecular weight is 323 g/mol. The first-order valence-electron chi connectivity index (χ1n) is 6.27. The Labute approximate surface area is 133 Å². The van der Waals surface area contributed by atoms with Crippen molar-refractivity contribution in [3.63, 3.8) is 0 Å². The number of nitrogens with one attached hydrogen (secondary N) is 2. The van der Waals surface area contributed by atoms with Crippen molar-refractivity contribution >= 4 is 34.4 Å². The van der Waals surface area contributed by atoms with Crippen LogP contribution in [-0.2, 0) is 0 Å². The summed E-state index contributed by atoms with van der Waals surface area (Å²) in [5.41, 5.74) is 8.30. The fourth-order valence-electron chi connectivity index (χ4n) is 1.75. The van der Waals surface area contributed by atoms with Crippen LogP contribution in [0.5, 0.6) is 11.5 Å². The van der Waals surface area contributed by atoms with Gasteiger partial charge in [-0.1, -0.05) is 29.9 Å². The summed E-state index contributed by atoms with van der Waals surface area (Å²) >= 11 is 11.3. The highest BCUT2D eigenvalue weighted by Gasteiger charge is 2.07. The first-order valence-corrected chi connectivity index (χ1v) is 7.06. The fraction of sp³-hybridized carbons (Fsp3) is 0.133. The molecule has 0 bridgehead atoms. The molecule has 21 heavy (non-hydrogen) atoms. The van der Waals surface area contributed by atoms with E-state index in [1.54, 1.807) is 6.07 Å². The second kappa shape index (κ2) is 6.76. The molecular weight excluding hydrogens is 308 g/mol. The summed E-state index contributed by atoms with van der Waals surface area (Å²) in [6, 6.07) is 9.94. The molecule has 2 rings (SSSR count). The minimum atomic E-state index is -0.0415. The molecule has 0 aliphatic rings. The number of hydrogen-bond donors (Lipinski definition) is 4. The Kier molecular flexibility index (Phi) is 5.01. The van der Waals surface area contributed by atoms with Gasteiger partial charge in [0.15, 0.2) is 0 Å². The molecule has 0 aromatic heterocycles. The first-order chi connectivity index (χ1) is 9.97. The van der Waals surface area contributed by atoms with E-state index < -0.39 is 0 Å². The van der Waals surface area contributed by atoms with Crippen LogP contribution in [0.3, 0.4) is 0 Å². The maximum absolute atomic E-state index is 9.73. The van der Waals surface area contributed by atoms with Gasteiger partial charge in [-0.2, -0.15) is 0 Å².